The molecule has 0 aliphatic carbocycles. The third-order valence-corrected chi connectivity index (χ3v) is 4.93. The van der Waals surface area contributed by atoms with Gasteiger partial charge in [0.2, 0.25) is 0 Å². The third-order valence-electron chi connectivity index (χ3n) is 4.37. The van der Waals surface area contributed by atoms with Gasteiger partial charge in [-0.25, -0.2) is 4.39 Å². The van der Waals surface area contributed by atoms with E-state index in [0.717, 1.165) is 29.6 Å². The van der Waals surface area contributed by atoms with Gasteiger partial charge in [0.05, 0.1) is 0 Å². The molecule has 1 aromatic carbocycles. The van der Waals surface area contributed by atoms with Crippen molar-refractivity contribution < 1.29 is 9.13 Å². The lowest BCUT2D eigenvalue weighted by Gasteiger charge is -2.26. The summed E-state index contributed by atoms with van der Waals surface area (Å²) in [7, 11) is 0. The molecule has 1 fully saturated rings. The maximum Gasteiger partial charge on any atom is 0.123 e. The third kappa shape index (κ3) is 3.17. The molecule has 2 nitrogen and oxygen atoms in total. The van der Waals surface area contributed by atoms with Gasteiger partial charge in [0.15, 0.2) is 0 Å². The second-order valence-corrected chi connectivity index (χ2v) is 6.61. The molecule has 4 heteroatoms. The number of benzene rings is 1. The molecule has 0 saturated carbocycles. The van der Waals surface area contributed by atoms with E-state index in [-0.39, 0.29) is 11.9 Å². The lowest BCUT2D eigenvalue weighted by atomic mass is 10.1. The van der Waals surface area contributed by atoms with Crippen LogP contribution in [0.1, 0.15) is 31.2 Å². The van der Waals surface area contributed by atoms with Crippen LogP contribution in [-0.4, -0.2) is 35.5 Å². The molecular formula is C16H21BrFNO. The predicted molar refractivity (Wildman–Crippen MR) is 82.1 cm³/mol. The minimum Gasteiger partial charge on any atom is -0.488 e. The van der Waals surface area contributed by atoms with Gasteiger partial charge in [-0.3, -0.25) is 4.90 Å². The van der Waals surface area contributed by atoms with Crippen LogP contribution in [0.2, 0.25) is 0 Å². The van der Waals surface area contributed by atoms with Crippen molar-refractivity contribution in [3.8, 4) is 5.75 Å². The van der Waals surface area contributed by atoms with Gasteiger partial charge in [-0.15, -0.1) is 0 Å². The number of likely N-dealkylation sites (tertiary alicyclic amines) is 1. The SMILES string of the molecule is Fc1ccc2c(c1)CC(CN1CCCC1CCCBr)O2. The van der Waals surface area contributed by atoms with E-state index >= 15 is 0 Å². The summed E-state index contributed by atoms with van der Waals surface area (Å²) in [6, 6.07) is 5.56. The second kappa shape index (κ2) is 6.44. The highest BCUT2D eigenvalue weighted by Crippen LogP contribution is 2.31. The van der Waals surface area contributed by atoms with Crippen molar-refractivity contribution in [1.29, 1.82) is 0 Å². The number of ether oxygens (including phenoxy) is 1. The molecular weight excluding hydrogens is 321 g/mol. The van der Waals surface area contributed by atoms with E-state index in [4.69, 9.17) is 4.74 Å². The maximum absolute atomic E-state index is 13.2. The Hall–Kier alpha value is -0.610. The van der Waals surface area contributed by atoms with Crippen LogP contribution in [-0.2, 0) is 6.42 Å². The minimum atomic E-state index is -0.163. The molecule has 0 radical (unpaired) electrons. The summed E-state index contributed by atoms with van der Waals surface area (Å²) in [6.07, 6.45) is 6.13. The van der Waals surface area contributed by atoms with Gasteiger partial charge in [-0.05, 0) is 50.4 Å². The van der Waals surface area contributed by atoms with Crippen LogP contribution >= 0.6 is 15.9 Å². The highest BCUT2D eigenvalue weighted by molar-refractivity contribution is 9.09. The summed E-state index contributed by atoms with van der Waals surface area (Å²) in [5.41, 5.74) is 1.02. The van der Waals surface area contributed by atoms with Gasteiger partial charge in [-0.1, -0.05) is 15.9 Å². The van der Waals surface area contributed by atoms with Gasteiger partial charge >= 0.3 is 0 Å². The van der Waals surface area contributed by atoms with Gasteiger partial charge in [0, 0.05) is 29.9 Å². The Kier molecular flexibility index (Phi) is 4.61. The summed E-state index contributed by atoms with van der Waals surface area (Å²) < 4.78 is 19.2. The number of rotatable bonds is 5. The van der Waals surface area contributed by atoms with E-state index in [1.165, 1.54) is 38.3 Å². The molecule has 0 amide bonds. The fourth-order valence-electron chi connectivity index (χ4n) is 3.43. The number of halogens is 2. The van der Waals surface area contributed by atoms with E-state index in [1.54, 1.807) is 12.1 Å². The van der Waals surface area contributed by atoms with Gasteiger partial charge < -0.3 is 4.74 Å². The van der Waals surface area contributed by atoms with Crippen molar-refractivity contribution in [1.82, 2.24) is 4.90 Å². The van der Waals surface area contributed by atoms with Crippen molar-refractivity contribution in [3.63, 3.8) is 0 Å². The topological polar surface area (TPSA) is 12.5 Å². The van der Waals surface area contributed by atoms with Crippen LogP contribution in [0.5, 0.6) is 5.75 Å². The Bertz CT molecular complexity index is 468. The molecule has 2 unspecified atom stereocenters. The van der Waals surface area contributed by atoms with E-state index in [9.17, 15) is 4.39 Å². The normalized spacial score (nSPS) is 25.7. The molecule has 2 atom stereocenters. The van der Waals surface area contributed by atoms with Crippen molar-refractivity contribution >= 4 is 15.9 Å². The van der Waals surface area contributed by atoms with Crippen molar-refractivity contribution in [2.75, 3.05) is 18.4 Å². The first kappa shape index (κ1) is 14.3. The van der Waals surface area contributed by atoms with Gasteiger partial charge in [0.25, 0.3) is 0 Å². The van der Waals surface area contributed by atoms with E-state index < -0.39 is 0 Å². The molecule has 20 heavy (non-hydrogen) atoms. The van der Waals surface area contributed by atoms with Crippen molar-refractivity contribution in [2.45, 2.75) is 44.2 Å². The Balaban J connectivity index is 1.57. The molecule has 110 valence electrons. The first-order valence-electron chi connectivity index (χ1n) is 7.51. The summed E-state index contributed by atoms with van der Waals surface area (Å²) >= 11 is 3.51. The fraction of sp³-hybridized carbons (Fsp3) is 0.625. The predicted octanol–water partition coefficient (Wildman–Crippen LogP) is 3.77. The summed E-state index contributed by atoms with van der Waals surface area (Å²) in [5, 5.41) is 1.09. The fourth-order valence-corrected chi connectivity index (χ4v) is 3.75. The van der Waals surface area contributed by atoms with Crippen molar-refractivity contribution in [2.24, 2.45) is 0 Å². The molecule has 0 N–H and O–H groups in total. The summed E-state index contributed by atoms with van der Waals surface area (Å²) in [4.78, 5) is 2.57. The lowest BCUT2D eigenvalue weighted by molar-refractivity contribution is 0.138. The molecule has 0 spiro atoms. The van der Waals surface area contributed by atoms with Crippen LogP contribution in [0.15, 0.2) is 18.2 Å². The molecule has 1 aromatic rings. The van der Waals surface area contributed by atoms with Crippen LogP contribution < -0.4 is 4.74 Å². The second-order valence-electron chi connectivity index (χ2n) is 5.82. The molecule has 0 aromatic heterocycles. The molecule has 3 rings (SSSR count). The molecule has 2 aliphatic heterocycles. The van der Waals surface area contributed by atoms with E-state index in [1.807, 2.05) is 0 Å². The Morgan fingerprint density at radius 1 is 1.40 bits per heavy atom. The average molecular weight is 342 g/mol. The largest absolute Gasteiger partial charge is 0.488 e. The number of hydrogen-bond acceptors (Lipinski definition) is 2. The molecule has 0 bridgehead atoms. The summed E-state index contributed by atoms with van der Waals surface area (Å²) in [5.74, 6) is 0.706. The first-order chi connectivity index (χ1) is 9.76. The number of hydrogen-bond donors (Lipinski definition) is 0. The summed E-state index contributed by atoms with van der Waals surface area (Å²) in [6.45, 7) is 2.15. The van der Waals surface area contributed by atoms with Gasteiger partial charge in [-0.2, -0.15) is 0 Å². The number of nitrogens with zero attached hydrogens (tertiary/aromatic N) is 1. The maximum atomic E-state index is 13.2. The van der Waals surface area contributed by atoms with Crippen LogP contribution in [0, 0.1) is 5.82 Å². The highest BCUT2D eigenvalue weighted by atomic mass is 79.9. The standard InChI is InChI=1S/C16H21BrFNO/c17-7-1-3-14-4-2-8-19(14)11-15-10-12-9-13(18)5-6-16(12)20-15/h5-6,9,14-15H,1-4,7-8,10-11H2. The van der Waals surface area contributed by atoms with E-state index in [0.29, 0.717) is 6.04 Å². The Morgan fingerprint density at radius 2 is 2.30 bits per heavy atom. The molecule has 2 aliphatic rings. The Labute approximate surface area is 128 Å². The molecule has 2 heterocycles. The smallest absolute Gasteiger partial charge is 0.123 e. The van der Waals surface area contributed by atoms with Crippen LogP contribution in [0.4, 0.5) is 4.39 Å². The zero-order valence-corrected chi connectivity index (χ0v) is 13.2. The number of alkyl halides is 1. The van der Waals surface area contributed by atoms with Crippen molar-refractivity contribution in [3.05, 3.63) is 29.6 Å². The quantitative estimate of drug-likeness (QED) is 0.756. The zero-order valence-electron chi connectivity index (χ0n) is 11.7. The number of fused-ring (bicyclic) bond motifs is 1. The zero-order chi connectivity index (χ0) is 13.9. The Morgan fingerprint density at radius 3 is 3.15 bits per heavy atom. The van der Waals surface area contributed by atoms with Gasteiger partial charge in [0.1, 0.15) is 17.7 Å². The first-order valence-corrected chi connectivity index (χ1v) is 8.63. The highest BCUT2D eigenvalue weighted by Gasteiger charge is 2.30. The monoisotopic (exact) mass is 341 g/mol. The van der Waals surface area contributed by atoms with Crippen LogP contribution in [0.25, 0.3) is 0 Å². The molecule has 1 saturated heterocycles. The van der Waals surface area contributed by atoms with Crippen LogP contribution in [0.3, 0.4) is 0 Å². The minimum absolute atomic E-state index is 0.163. The average Bonchev–Trinajstić information content (AvgIpc) is 3.02. The van der Waals surface area contributed by atoms with E-state index in [2.05, 4.69) is 20.8 Å². The lowest BCUT2D eigenvalue weighted by Crippen LogP contribution is -2.38.